The minimum atomic E-state index is -0.694. The first-order valence-corrected chi connectivity index (χ1v) is 5.11. The molecule has 0 aromatic heterocycles. The lowest BCUT2D eigenvalue weighted by Crippen LogP contribution is -2.28. The molecule has 0 atom stereocenters. The van der Waals surface area contributed by atoms with Crippen molar-refractivity contribution in [3.05, 3.63) is 0 Å². The first-order valence-electron chi connectivity index (χ1n) is 5.11. The van der Waals surface area contributed by atoms with Crippen LogP contribution >= 0.6 is 0 Å². The number of rotatable bonds is 2. The van der Waals surface area contributed by atoms with Gasteiger partial charge >= 0.3 is 0 Å². The summed E-state index contributed by atoms with van der Waals surface area (Å²) in [5.74, 6) is 0.321. The van der Waals surface area contributed by atoms with Crippen LogP contribution in [-0.2, 0) is 0 Å². The number of hydrogen-bond donors (Lipinski definition) is 0. The Labute approximate surface area is 80.2 Å². The van der Waals surface area contributed by atoms with Gasteiger partial charge in [-0.25, -0.2) is 0 Å². The van der Waals surface area contributed by atoms with Crippen LogP contribution in [0.4, 0.5) is 0 Å². The molecule has 0 radical (unpaired) electrons. The quantitative estimate of drug-likeness (QED) is 0.649. The minimum absolute atomic E-state index is 0.321. The lowest BCUT2D eigenvalue weighted by molar-refractivity contribution is 0.228. The van der Waals surface area contributed by atoms with Gasteiger partial charge in [0.1, 0.15) is 5.41 Å². The van der Waals surface area contributed by atoms with Gasteiger partial charge in [-0.1, -0.05) is 26.2 Å². The molecule has 0 N–H and O–H groups in total. The zero-order valence-electron chi connectivity index (χ0n) is 8.21. The molecule has 0 aromatic rings. The molecule has 70 valence electrons. The summed E-state index contributed by atoms with van der Waals surface area (Å²) < 4.78 is 0. The number of hydrogen-bond acceptors (Lipinski definition) is 2. The highest BCUT2D eigenvalue weighted by Gasteiger charge is 2.38. The van der Waals surface area contributed by atoms with E-state index in [1.165, 1.54) is 19.3 Å². The minimum Gasteiger partial charge on any atom is -0.197 e. The molecule has 1 aliphatic rings. The fourth-order valence-corrected chi connectivity index (χ4v) is 2.25. The first-order chi connectivity index (χ1) is 6.29. The molecule has 0 spiro atoms. The van der Waals surface area contributed by atoms with Gasteiger partial charge in [-0.2, -0.15) is 10.5 Å². The normalized spacial score (nSPS) is 19.0. The van der Waals surface area contributed by atoms with Crippen LogP contribution in [0.2, 0.25) is 0 Å². The molecule has 0 aliphatic heterocycles. The van der Waals surface area contributed by atoms with Gasteiger partial charge in [0.05, 0.1) is 12.1 Å². The molecule has 0 aromatic carbocycles. The third kappa shape index (κ3) is 1.83. The summed E-state index contributed by atoms with van der Waals surface area (Å²) in [4.78, 5) is 0. The Balaban J connectivity index is 2.76. The van der Waals surface area contributed by atoms with Crippen molar-refractivity contribution in [2.45, 2.75) is 45.4 Å². The molecule has 1 rings (SSSR count). The molecule has 2 heteroatoms. The van der Waals surface area contributed by atoms with E-state index in [1.807, 2.05) is 6.92 Å². The second-order valence-corrected chi connectivity index (χ2v) is 3.88. The van der Waals surface area contributed by atoms with Gasteiger partial charge < -0.3 is 0 Å². The Morgan fingerprint density at radius 1 is 1.15 bits per heavy atom. The standard InChI is InChI=1S/C11H16N2/c1-2-11(8-12,9-13)10-6-4-3-5-7-10/h10H,2-7H2,1H3. The molecule has 0 heterocycles. The van der Waals surface area contributed by atoms with E-state index in [1.54, 1.807) is 0 Å². The zero-order valence-corrected chi connectivity index (χ0v) is 8.21. The topological polar surface area (TPSA) is 47.6 Å². The van der Waals surface area contributed by atoms with E-state index < -0.39 is 5.41 Å². The van der Waals surface area contributed by atoms with Crippen LogP contribution in [-0.4, -0.2) is 0 Å². The van der Waals surface area contributed by atoms with E-state index >= 15 is 0 Å². The molecule has 0 amide bonds. The molecule has 0 unspecified atom stereocenters. The molecular formula is C11H16N2. The van der Waals surface area contributed by atoms with Crippen molar-refractivity contribution in [1.82, 2.24) is 0 Å². The second-order valence-electron chi connectivity index (χ2n) is 3.88. The van der Waals surface area contributed by atoms with Crippen molar-refractivity contribution < 1.29 is 0 Å². The third-order valence-electron chi connectivity index (χ3n) is 3.26. The van der Waals surface area contributed by atoms with Gasteiger partial charge in [-0.15, -0.1) is 0 Å². The summed E-state index contributed by atoms with van der Waals surface area (Å²) in [6.07, 6.45) is 6.45. The van der Waals surface area contributed by atoms with Gasteiger partial charge in [-0.05, 0) is 25.2 Å². The molecule has 2 nitrogen and oxygen atoms in total. The lowest BCUT2D eigenvalue weighted by atomic mass is 9.69. The van der Waals surface area contributed by atoms with Crippen LogP contribution in [0.5, 0.6) is 0 Å². The van der Waals surface area contributed by atoms with E-state index in [9.17, 15) is 0 Å². The average molecular weight is 176 g/mol. The highest BCUT2D eigenvalue weighted by atomic mass is 14.5. The van der Waals surface area contributed by atoms with E-state index in [4.69, 9.17) is 10.5 Å². The van der Waals surface area contributed by atoms with E-state index in [2.05, 4.69) is 12.1 Å². The SMILES string of the molecule is CCC(C#N)(C#N)C1CCCCC1. The zero-order chi connectivity index (χ0) is 9.73. The predicted molar refractivity (Wildman–Crippen MR) is 50.5 cm³/mol. The van der Waals surface area contributed by atoms with Crippen LogP contribution in [0.1, 0.15) is 45.4 Å². The van der Waals surface area contributed by atoms with Gasteiger partial charge in [0.15, 0.2) is 0 Å². The summed E-state index contributed by atoms with van der Waals surface area (Å²) >= 11 is 0. The molecular weight excluding hydrogens is 160 g/mol. The maximum absolute atomic E-state index is 9.06. The Morgan fingerprint density at radius 2 is 1.69 bits per heavy atom. The summed E-state index contributed by atoms with van der Waals surface area (Å²) in [5, 5.41) is 18.1. The van der Waals surface area contributed by atoms with Crippen molar-refractivity contribution in [3.8, 4) is 12.1 Å². The monoisotopic (exact) mass is 176 g/mol. The molecule has 0 saturated heterocycles. The molecule has 1 aliphatic carbocycles. The van der Waals surface area contributed by atoms with Gasteiger partial charge in [0.25, 0.3) is 0 Å². The van der Waals surface area contributed by atoms with E-state index in [0.29, 0.717) is 12.3 Å². The Kier molecular flexibility index (Phi) is 3.32. The highest BCUT2D eigenvalue weighted by Crippen LogP contribution is 2.40. The largest absolute Gasteiger partial charge is 0.197 e. The first kappa shape index (κ1) is 10.1. The van der Waals surface area contributed by atoms with Gasteiger partial charge in [-0.3, -0.25) is 0 Å². The van der Waals surface area contributed by atoms with Crippen LogP contribution in [0.25, 0.3) is 0 Å². The van der Waals surface area contributed by atoms with Crippen molar-refractivity contribution in [2.75, 3.05) is 0 Å². The maximum Gasteiger partial charge on any atom is 0.146 e. The smallest absolute Gasteiger partial charge is 0.146 e. The van der Waals surface area contributed by atoms with Crippen molar-refractivity contribution >= 4 is 0 Å². The third-order valence-corrected chi connectivity index (χ3v) is 3.26. The van der Waals surface area contributed by atoms with Crippen molar-refractivity contribution in [3.63, 3.8) is 0 Å². The Hall–Kier alpha value is -1.02. The molecule has 1 saturated carbocycles. The molecule has 1 fully saturated rings. The lowest BCUT2D eigenvalue weighted by Gasteiger charge is -2.31. The van der Waals surface area contributed by atoms with E-state index in [0.717, 1.165) is 12.8 Å². The van der Waals surface area contributed by atoms with Crippen molar-refractivity contribution in [2.24, 2.45) is 11.3 Å². The van der Waals surface area contributed by atoms with Crippen LogP contribution < -0.4 is 0 Å². The summed E-state index contributed by atoms with van der Waals surface area (Å²) in [6, 6.07) is 4.45. The number of nitrogens with zero attached hydrogens (tertiary/aromatic N) is 2. The maximum atomic E-state index is 9.06. The Bertz CT molecular complexity index is 224. The van der Waals surface area contributed by atoms with Gasteiger partial charge in [0.2, 0.25) is 0 Å². The molecule has 13 heavy (non-hydrogen) atoms. The fraction of sp³-hybridized carbons (Fsp3) is 0.818. The average Bonchev–Trinajstić information content (AvgIpc) is 2.23. The predicted octanol–water partition coefficient (Wildman–Crippen LogP) is 3.01. The van der Waals surface area contributed by atoms with E-state index in [-0.39, 0.29) is 0 Å². The Morgan fingerprint density at radius 3 is 2.08 bits per heavy atom. The summed E-state index contributed by atoms with van der Waals surface area (Å²) in [7, 11) is 0. The van der Waals surface area contributed by atoms with Crippen LogP contribution in [0.3, 0.4) is 0 Å². The summed E-state index contributed by atoms with van der Waals surface area (Å²) in [5.41, 5.74) is -0.694. The van der Waals surface area contributed by atoms with Gasteiger partial charge in [0, 0.05) is 0 Å². The molecule has 0 bridgehead atoms. The number of nitriles is 2. The fourth-order valence-electron chi connectivity index (χ4n) is 2.25. The second kappa shape index (κ2) is 4.28. The van der Waals surface area contributed by atoms with Crippen molar-refractivity contribution in [1.29, 1.82) is 10.5 Å². The summed E-state index contributed by atoms with van der Waals surface area (Å²) in [6.45, 7) is 1.95. The highest BCUT2D eigenvalue weighted by molar-refractivity contribution is 5.16. The van der Waals surface area contributed by atoms with Crippen LogP contribution in [0, 0.1) is 34.0 Å². The van der Waals surface area contributed by atoms with Crippen LogP contribution in [0.15, 0.2) is 0 Å².